The molecule has 0 aliphatic carbocycles. The number of aromatic amines is 1. The lowest BCUT2D eigenvalue weighted by Gasteiger charge is -2.01. The zero-order valence-corrected chi connectivity index (χ0v) is 7.24. The summed E-state index contributed by atoms with van der Waals surface area (Å²) in [6.45, 7) is 3.00. The molecule has 0 atom stereocenters. The summed E-state index contributed by atoms with van der Waals surface area (Å²) in [5, 5.41) is 3.07. The first-order valence-electron chi connectivity index (χ1n) is 3.62. The Labute approximate surface area is 71.2 Å². The molecule has 1 aromatic rings. The van der Waals surface area contributed by atoms with E-state index in [9.17, 15) is 0 Å². The lowest BCUT2D eigenvalue weighted by atomic mass is 10.4. The molecular formula is C7H11N3S. The number of hydrogen-bond donors (Lipinski definition) is 2. The summed E-state index contributed by atoms with van der Waals surface area (Å²) >= 11 is 5.03. The number of aromatic nitrogens is 2. The molecule has 1 aromatic heterocycles. The molecule has 0 saturated carbocycles. The molecule has 0 aromatic carbocycles. The standard InChI is InChI=1S/C7H11N3S/c1-2-3-10-7(11)6-8-4-5-9-6/h4-5H,2-3H2,1H3,(H,8,9)(H,10,11). The van der Waals surface area contributed by atoms with E-state index in [1.807, 2.05) is 0 Å². The van der Waals surface area contributed by atoms with E-state index in [1.54, 1.807) is 12.4 Å². The Hall–Kier alpha value is -0.900. The summed E-state index contributed by atoms with van der Waals surface area (Å²) < 4.78 is 0. The Morgan fingerprint density at radius 2 is 2.64 bits per heavy atom. The van der Waals surface area contributed by atoms with Crippen molar-refractivity contribution < 1.29 is 0 Å². The van der Waals surface area contributed by atoms with Crippen molar-refractivity contribution >= 4 is 17.2 Å². The molecule has 1 rings (SSSR count). The topological polar surface area (TPSA) is 40.7 Å². The van der Waals surface area contributed by atoms with Gasteiger partial charge in [0.05, 0.1) is 0 Å². The maximum atomic E-state index is 5.03. The Bertz CT molecular complexity index is 218. The third-order valence-electron chi connectivity index (χ3n) is 1.25. The van der Waals surface area contributed by atoms with Crippen LogP contribution in [0.2, 0.25) is 0 Å². The SMILES string of the molecule is CCCNC(=S)c1ncc[nH]1. The van der Waals surface area contributed by atoms with Gasteiger partial charge in [-0.3, -0.25) is 0 Å². The molecule has 2 N–H and O–H groups in total. The molecule has 0 spiro atoms. The molecule has 0 fully saturated rings. The summed E-state index contributed by atoms with van der Waals surface area (Å²) in [6.07, 6.45) is 4.52. The Morgan fingerprint density at radius 3 is 3.18 bits per heavy atom. The van der Waals surface area contributed by atoms with Crippen LogP contribution in [0.4, 0.5) is 0 Å². The number of thiocarbonyl (C=S) groups is 1. The van der Waals surface area contributed by atoms with Crippen LogP contribution in [0.5, 0.6) is 0 Å². The fourth-order valence-electron chi connectivity index (χ4n) is 0.712. The number of nitrogens with zero attached hydrogens (tertiary/aromatic N) is 1. The van der Waals surface area contributed by atoms with Gasteiger partial charge in [0.2, 0.25) is 0 Å². The number of imidazole rings is 1. The molecule has 0 unspecified atom stereocenters. The third-order valence-corrected chi connectivity index (χ3v) is 1.59. The zero-order chi connectivity index (χ0) is 8.10. The highest BCUT2D eigenvalue weighted by Crippen LogP contribution is 1.89. The Balaban J connectivity index is 2.43. The predicted molar refractivity (Wildman–Crippen MR) is 48.6 cm³/mol. The van der Waals surface area contributed by atoms with E-state index in [4.69, 9.17) is 12.2 Å². The van der Waals surface area contributed by atoms with Gasteiger partial charge in [-0.05, 0) is 6.42 Å². The van der Waals surface area contributed by atoms with Gasteiger partial charge in [-0.2, -0.15) is 0 Å². The second-order valence-corrected chi connectivity index (χ2v) is 2.60. The van der Waals surface area contributed by atoms with Gasteiger partial charge in [0.15, 0.2) is 5.82 Å². The minimum absolute atomic E-state index is 0.692. The largest absolute Gasteiger partial charge is 0.373 e. The van der Waals surface area contributed by atoms with Crippen LogP contribution >= 0.6 is 12.2 Å². The van der Waals surface area contributed by atoms with Gasteiger partial charge in [0.1, 0.15) is 4.99 Å². The van der Waals surface area contributed by atoms with Crippen molar-refractivity contribution in [3.63, 3.8) is 0 Å². The maximum Gasteiger partial charge on any atom is 0.164 e. The molecule has 0 bridgehead atoms. The monoisotopic (exact) mass is 169 g/mol. The van der Waals surface area contributed by atoms with Crippen LogP contribution < -0.4 is 5.32 Å². The van der Waals surface area contributed by atoms with Crippen LogP contribution in [0.1, 0.15) is 19.2 Å². The number of rotatable bonds is 3. The summed E-state index contributed by atoms with van der Waals surface area (Å²) in [6, 6.07) is 0. The Kier molecular flexibility index (Phi) is 3.04. The van der Waals surface area contributed by atoms with Crippen molar-refractivity contribution in [2.45, 2.75) is 13.3 Å². The normalized spacial score (nSPS) is 9.55. The molecule has 0 radical (unpaired) electrons. The summed E-state index contributed by atoms with van der Waals surface area (Å²) in [5.41, 5.74) is 0. The molecule has 0 aliphatic heterocycles. The third kappa shape index (κ3) is 2.31. The van der Waals surface area contributed by atoms with Crippen molar-refractivity contribution in [3.05, 3.63) is 18.2 Å². The molecule has 11 heavy (non-hydrogen) atoms. The number of nitrogens with one attached hydrogen (secondary N) is 2. The molecule has 0 amide bonds. The fourth-order valence-corrected chi connectivity index (χ4v) is 0.925. The van der Waals surface area contributed by atoms with E-state index in [1.165, 1.54) is 0 Å². The van der Waals surface area contributed by atoms with E-state index in [2.05, 4.69) is 22.2 Å². The average molecular weight is 169 g/mol. The van der Waals surface area contributed by atoms with Crippen LogP contribution in [0.25, 0.3) is 0 Å². The first-order chi connectivity index (χ1) is 5.34. The van der Waals surface area contributed by atoms with Gasteiger partial charge in [-0.1, -0.05) is 19.1 Å². The van der Waals surface area contributed by atoms with E-state index >= 15 is 0 Å². The lowest BCUT2D eigenvalue weighted by molar-refractivity contribution is 0.844. The molecular weight excluding hydrogens is 158 g/mol. The second kappa shape index (κ2) is 4.08. The van der Waals surface area contributed by atoms with E-state index in [0.29, 0.717) is 4.99 Å². The highest BCUT2D eigenvalue weighted by molar-refractivity contribution is 7.80. The van der Waals surface area contributed by atoms with Crippen molar-refractivity contribution in [1.29, 1.82) is 0 Å². The molecule has 1 heterocycles. The van der Waals surface area contributed by atoms with E-state index in [0.717, 1.165) is 18.8 Å². The first kappa shape index (κ1) is 8.20. The van der Waals surface area contributed by atoms with Crippen molar-refractivity contribution in [1.82, 2.24) is 15.3 Å². The quantitative estimate of drug-likeness (QED) is 0.665. The highest BCUT2D eigenvalue weighted by atomic mass is 32.1. The summed E-state index contributed by atoms with van der Waals surface area (Å²) in [4.78, 5) is 7.63. The highest BCUT2D eigenvalue weighted by Gasteiger charge is 1.99. The van der Waals surface area contributed by atoms with Gasteiger partial charge in [0, 0.05) is 18.9 Å². The van der Waals surface area contributed by atoms with Crippen molar-refractivity contribution in [2.75, 3.05) is 6.54 Å². The molecule has 60 valence electrons. The van der Waals surface area contributed by atoms with Crippen molar-refractivity contribution in [3.8, 4) is 0 Å². The lowest BCUT2D eigenvalue weighted by Crippen LogP contribution is -2.23. The van der Waals surface area contributed by atoms with Gasteiger partial charge in [0.25, 0.3) is 0 Å². The number of H-pyrrole nitrogens is 1. The van der Waals surface area contributed by atoms with Gasteiger partial charge < -0.3 is 10.3 Å². The molecule has 3 nitrogen and oxygen atoms in total. The second-order valence-electron chi connectivity index (χ2n) is 2.19. The Morgan fingerprint density at radius 1 is 1.82 bits per heavy atom. The smallest absolute Gasteiger partial charge is 0.164 e. The van der Waals surface area contributed by atoms with Crippen LogP contribution in [0.3, 0.4) is 0 Å². The summed E-state index contributed by atoms with van der Waals surface area (Å²) in [7, 11) is 0. The number of hydrogen-bond acceptors (Lipinski definition) is 2. The van der Waals surface area contributed by atoms with E-state index < -0.39 is 0 Å². The van der Waals surface area contributed by atoms with Crippen LogP contribution in [-0.4, -0.2) is 21.5 Å². The summed E-state index contributed by atoms with van der Waals surface area (Å²) in [5.74, 6) is 0.744. The zero-order valence-electron chi connectivity index (χ0n) is 6.42. The van der Waals surface area contributed by atoms with Gasteiger partial charge in [-0.15, -0.1) is 0 Å². The molecule has 0 aliphatic rings. The van der Waals surface area contributed by atoms with Gasteiger partial charge in [-0.25, -0.2) is 4.98 Å². The maximum absolute atomic E-state index is 5.03. The predicted octanol–water partition coefficient (Wildman–Crippen LogP) is 1.08. The van der Waals surface area contributed by atoms with Crippen LogP contribution in [-0.2, 0) is 0 Å². The fraction of sp³-hybridized carbons (Fsp3) is 0.429. The van der Waals surface area contributed by atoms with Crippen LogP contribution in [0.15, 0.2) is 12.4 Å². The minimum Gasteiger partial charge on any atom is -0.373 e. The van der Waals surface area contributed by atoms with E-state index in [-0.39, 0.29) is 0 Å². The minimum atomic E-state index is 0.692. The molecule has 0 saturated heterocycles. The van der Waals surface area contributed by atoms with Gasteiger partial charge >= 0.3 is 0 Å². The molecule has 4 heteroatoms. The average Bonchev–Trinajstić information content (AvgIpc) is 2.52. The van der Waals surface area contributed by atoms with Crippen LogP contribution in [0, 0.1) is 0 Å². The first-order valence-corrected chi connectivity index (χ1v) is 4.03. The van der Waals surface area contributed by atoms with Crippen molar-refractivity contribution in [2.24, 2.45) is 0 Å².